The van der Waals surface area contributed by atoms with Crippen LogP contribution in [0.1, 0.15) is 22.2 Å². The number of benzene rings is 1. The molecule has 0 bridgehead atoms. The Kier molecular flexibility index (Phi) is 3.02. The maximum absolute atomic E-state index is 12.4. The van der Waals surface area contributed by atoms with Crippen molar-refractivity contribution in [2.45, 2.75) is 5.92 Å². The quantitative estimate of drug-likeness (QED) is 0.679. The minimum atomic E-state index is -0.947. The van der Waals surface area contributed by atoms with Crippen LogP contribution in [-0.2, 0) is 0 Å². The molecule has 3 aromatic rings. The molecule has 0 amide bonds. The molecule has 0 N–H and O–H groups in total. The lowest BCUT2D eigenvalue weighted by Gasteiger charge is -2.04. The van der Waals surface area contributed by atoms with E-state index >= 15 is 0 Å². The van der Waals surface area contributed by atoms with E-state index in [4.69, 9.17) is 4.42 Å². The molecule has 2 aromatic heterocycles. The van der Waals surface area contributed by atoms with Crippen LogP contribution in [0.3, 0.4) is 0 Å². The number of carbonyl (C=O) groups is 1. The maximum Gasteiger partial charge on any atom is 0.221 e. The number of aromatic nitrogens is 1. The fourth-order valence-corrected chi connectivity index (χ4v) is 2.05. The number of pyridine rings is 1. The largest absolute Gasteiger partial charge is 0.453 e. The first-order valence-corrected chi connectivity index (χ1v) is 6.13. The number of Topliss-reactive ketones (excluding diaryl/α,β-unsaturated/α-hetero) is 1. The van der Waals surface area contributed by atoms with Gasteiger partial charge in [0.25, 0.3) is 0 Å². The topological polar surface area (TPSA) is 66.9 Å². The van der Waals surface area contributed by atoms with E-state index in [0.29, 0.717) is 11.3 Å². The fraction of sp³-hybridized carbons (Fsp3) is 0.0625. The van der Waals surface area contributed by atoms with E-state index in [1.54, 1.807) is 36.5 Å². The molecule has 1 aromatic carbocycles. The average Bonchev–Trinajstić information content (AvgIpc) is 2.93. The highest BCUT2D eigenvalue weighted by Gasteiger charge is 2.25. The van der Waals surface area contributed by atoms with E-state index in [-0.39, 0.29) is 11.5 Å². The second kappa shape index (κ2) is 4.98. The number of hydrogen-bond acceptors (Lipinski definition) is 4. The minimum absolute atomic E-state index is 0.184. The lowest BCUT2D eigenvalue weighted by Crippen LogP contribution is -2.11. The molecule has 0 saturated heterocycles. The monoisotopic (exact) mass is 262 g/mol. The number of hydrogen-bond donors (Lipinski definition) is 0. The standard InChI is InChI=1S/C16H10N2O2/c17-10-12(13-6-3-4-8-18-13)16(19)15-9-11-5-1-2-7-14(11)20-15/h1-9,12H. The Labute approximate surface area is 115 Å². The molecule has 0 spiro atoms. The third kappa shape index (κ3) is 2.06. The van der Waals surface area contributed by atoms with Crippen molar-refractivity contribution in [3.8, 4) is 6.07 Å². The maximum atomic E-state index is 12.4. The summed E-state index contributed by atoms with van der Waals surface area (Å²) in [6, 6.07) is 16.1. The zero-order chi connectivity index (χ0) is 13.9. The van der Waals surface area contributed by atoms with Gasteiger partial charge in [-0.3, -0.25) is 9.78 Å². The van der Waals surface area contributed by atoms with Crippen LogP contribution >= 0.6 is 0 Å². The van der Waals surface area contributed by atoms with Crippen molar-refractivity contribution in [3.05, 3.63) is 66.2 Å². The van der Waals surface area contributed by atoms with E-state index in [0.717, 1.165) is 5.39 Å². The van der Waals surface area contributed by atoms with Gasteiger partial charge in [0.2, 0.25) is 5.78 Å². The van der Waals surface area contributed by atoms with Crippen LogP contribution in [0.2, 0.25) is 0 Å². The van der Waals surface area contributed by atoms with Gasteiger partial charge in [0.05, 0.1) is 11.8 Å². The SMILES string of the molecule is N#CC(C(=O)c1cc2ccccc2o1)c1ccccn1. The number of carbonyl (C=O) groups excluding carboxylic acids is 1. The number of para-hydroxylation sites is 1. The van der Waals surface area contributed by atoms with Gasteiger partial charge in [0, 0.05) is 11.6 Å². The molecule has 20 heavy (non-hydrogen) atoms. The van der Waals surface area contributed by atoms with Crippen LogP contribution < -0.4 is 0 Å². The molecule has 0 aliphatic carbocycles. The lowest BCUT2D eigenvalue weighted by molar-refractivity contribution is 0.0952. The second-order valence-electron chi connectivity index (χ2n) is 4.33. The summed E-state index contributed by atoms with van der Waals surface area (Å²) in [5.41, 5.74) is 1.06. The molecule has 0 radical (unpaired) electrons. The zero-order valence-corrected chi connectivity index (χ0v) is 10.5. The molecule has 3 rings (SSSR count). The molecule has 4 heteroatoms. The first-order valence-electron chi connectivity index (χ1n) is 6.13. The number of nitriles is 1. The highest BCUT2D eigenvalue weighted by atomic mass is 16.3. The van der Waals surface area contributed by atoms with Crippen LogP contribution in [0.5, 0.6) is 0 Å². The third-order valence-electron chi connectivity index (χ3n) is 3.04. The normalized spacial score (nSPS) is 11.9. The van der Waals surface area contributed by atoms with Gasteiger partial charge >= 0.3 is 0 Å². The Hall–Kier alpha value is -2.93. The van der Waals surface area contributed by atoms with Crippen molar-refractivity contribution in [2.24, 2.45) is 0 Å². The average molecular weight is 262 g/mol. The van der Waals surface area contributed by atoms with Gasteiger partial charge in [-0.15, -0.1) is 0 Å². The van der Waals surface area contributed by atoms with E-state index in [1.807, 2.05) is 24.3 Å². The van der Waals surface area contributed by atoms with Gasteiger partial charge < -0.3 is 4.42 Å². The fourth-order valence-electron chi connectivity index (χ4n) is 2.05. The van der Waals surface area contributed by atoms with Gasteiger partial charge in [-0.25, -0.2) is 0 Å². The summed E-state index contributed by atoms with van der Waals surface area (Å²) in [5, 5.41) is 10.1. The molecule has 1 atom stereocenters. The molecule has 0 aliphatic heterocycles. The van der Waals surface area contributed by atoms with Crippen molar-refractivity contribution >= 4 is 16.8 Å². The molecular formula is C16H10N2O2. The van der Waals surface area contributed by atoms with Crippen molar-refractivity contribution < 1.29 is 9.21 Å². The van der Waals surface area contributed by atoms with Crippen LogP contribution in [0.25, 0.3) is 11.0 Å². The Bertz CT molecular complexity index is 767. The van der Waals surface area contributed by atoms with Gasteiger partial charge in [-0.05, 0) is 24.3 Å². The third-order valence-corrected chi connectivity index (χ3v) is 3.04. The number of furan rings is 1. The summed E-state index contributed by atoms with van der Waals surface area (Å²) in [6.07, 6.45) is 1.56. The van der Waals surface area contributed by atoms with Crippen LogP contribution in [0, 0.1) is 11.3 Å². The van der Waals surface area contributed by atoms with Gasteiger partial charge in [-0.1, -0.05) is 24.3 Å². The molecule has 0 saturated carbocycles. The predicted octanol–water partition coefficient (Wildman–Crippen LogP) is 3.32. The van der Waals surface area contributed by atoms with E-state index < -0.39 is 5.92 Å². The van der Waals surface area contributed by atoms with Gasteiger partial charge in [0.1, 0.15) is 5.58 Å². The number of rotatable bonds is 3. The van der Waals surface area contributed by atoms with Crippen LogP contribution in [0.4, 0.5) is 0 Å². The second-order valence-corrected chi connectivity index (χ2v) is 4.33. The number of ketones is 1. The van der Waals surface area contributed by atoms with Crippen LogP contribution in [0.15, 0.2) is 59.1 Å². The Morgan fingerprint density at radius 2 is 2.00 bits per heavy atom. The van der Waals surface area contributed by atoms with E-state index in [9.17, 15) is 10.1 Å². The summed E-state index contributed by atoms with van der Waals surface area (Å²) >= 11 is 0. The molecule has 96 valence electrons. The first-order chi connectivity index (χ1) is 9.79. The smallest absolute Gasteiger partial charge is 0.221 e. The number of fused-ring (bicyclic) bond motifs is 1. The zero-order valence-electron chi connectivity index (χ0n) is 10.5. The predicted molar refractivity (Wildman–Crippen MR) is 73.1 cm³/mol. The highest BCUT2D eigenvalue weighted by Crippen LogP contribution is 2.24. The summed E-state index contributed by atoms with van der Waals surface area (Å²) in [6.45, 7) is 0. The number of nitrogens with zero attached hydrogens (tertiary/aromatic N) is 2. The Morgan fingerprint density at radius 1 is 1.20 bits per heavy atom. The summed E-state index contributed by atoms with van der Waals surface area (Å²) in [4.78, 5) is 16.5. The summed E-state index contributed by atoms with van der Waals surface area (Å²) < 4.78 is 5.51. The molecule has 1 unspecified atom stereocenters. The molecule has 2 heterocycles. The molecule has 0 aliphatic rings. The van der Waals surface area contributed by atoms with E-state index in [1.165, 1.54) is 0 Å². The van der Waals surface area contributed by atoms with Gasteiger partial charge in [0.15, 0.2) is 11.7 Å². The Balaban J connectivity index is 2.01. The molecule has 4 nitrogen and oxygen atoms in total. The minimum Gasteiger partial charge on any atom is -0.453 e. The van der Waals surface area contributed by atoms with Crippen molar-refractivity contribution in [1.29, 1.82) is 5.26 Å². The van der Waals surface area contributed by atoms with Crippen molar-refractivity contribution in [2.75, 3.05) is 0 Å². The molecule has 0 fully saturated rings. The van der Waals surface area contributed by atoms with Crippen LogP contribution in [-0.4, -0.2) is 10.8 Å². The summed E-state index contributed by atoms with van der Waals surface area (Å²) in [7, 11) is 0. The van der Waals surface area contributed by atoms with Crippen molar-refractivity contribution in [1.82, 2.24) is 4.98 Å². The first kappa shape index (κ1) is 12.1. The Morgan fingerprint density at radius 3 is 2.70 bits per heavy atom. The summed E-state index contributed by atoms with van der Waals surface area (Å²) in [5.74, 6) is -1.14. The highest BCUT2D eigenvalue weighted by molar-refractivity contribution is 6.03. The van der Waals surface area contributed by atoms with Crippen molar-refractivity contribution in [3.63, 3.8) is 0 Å². The lowest BCUT2D eigenvalue weighted by atomic mass is 9.99. The van der Waals surface area contributed by atoms with E-state index in [2.05, 4.69) is 4.98 Å². The molecular weight excluding hydrogens is 252 g/mol. The van der Waals surface area contributed by atoms with Gasteiger partial charge in [-0.2, -0.15) is 5.26 Å².